The van der Waals surface area contributed by atoms with Crippen molar-refractivity contribution in [3.05, 3.63) is 131 Å². The van der Waals surface area contributed by atoms with E-state index in [1.165, 1.54) is 11.1 Å². The second-order valence-electron chi connectivity index (χ2n) is 9.15. The van der Waals surface area contributed by atoms with Gasteiger partial charge >= 0.3 is 0 Å². The summed E-state index contributed by atoms with van der Waals surface area (Å²) in [5.41, 5.74) is 4.61. The van der Waals surface area contributed by atoms with Gasteiger partial charge in [0.1, 0.15) is 6.61 Å². The van der Waals surface area contributed by atoms with Gasteiger partial charge in [-0.2, -0.15) is 0 Å². The van der Waals surface area contributed by atoms with E-state index >= 15 is 0 Å². The van der Waals surface area contributed by atoms with Crippen molar-refractivity contribution < 1.29 is 14.3 Å². The molecule has 0 saturated heterocycles. The lowest BCUT2D eigenvalue weighted by atomic mass is 10.1. The lowest BCUT2D eigenvalue weighted by Gasteiger charge is -2.24. The highest BCUT2D eigenvalue weighted by atomic mass is 16.5. The van der Waals surface area contributed by atoms with Crippen LogP contribution in [0.4, 0.5) is 0 Å². The molecule has 4 rings (SSSR count). The Balaban J connectivity index is 1.41. The van der Waals surface area contributed by atoms with Crippen LogP contribution in [0.2, 0.25) is 0 Å². The molecule has 0 aliphatic heterocycles. The van der Waals surface area contributed by atoms with E-state index in [0.29, 0.717) is 37.6 Å². The van der Waals surface area contributed by atoms with E-state index in [4.69, 9.17) is 9.47 Å². The molecule has 0 heterocycles. The maximum absolute atomic E-state index is 13.3. The summed E-state index contributed by atoms with van der Waals surface area (Å²) in [5, 5.41) is 0. The smallest absolute Gasteiger partial charge is 0.222 e. The quantitative estimate of drug-likeness (QED) is 0.204. The zero-order valence-corrected chi connectivity index (χ0v) is 21.5. The van der Waals surface area contributed by atoms with Crippen LogP contribution < -0.4 is 9.47 Å². The Morgan fingerprint density at radius 2 is 1.27 bits per heavy atom. The molecule has 0 aliphatic rings. The number of hydrogen-bond donors (Lipinski definition) is 0. The molecule has 0 fully saturated rings. The second-order valence-corrected chi connectivity index (χ2v) is 9.15. The van der Waals surface area contributed by atoms with Gasteiger partial charge in [-0.25, -0.2) is 0 Å². The Kier molecular flexibility index (Phi) is 9.77. The van der Waals surface area contributed by atoms with E-state index in [2.05, 4.69) is 24.3 Å². The van der Waals surface area contributed by atoms with Crippen LogP contribution >= 0.6 is 0 Å². The van der Waals surface area contributed by atoms with Crippen molar-refractivity contribution in [2.45, 2.75) is 38.8 Å². The first-order valence-electron chi connectivity index (χ1n) is 12.9. The van der Waals surface area contributed by atoms with Crippen molar-refractivity contribution >= 4 is 5.91 Å². The molecule has 4 aromatic carbocycles. The zero-order valence-electron chi connectivity index (χ0n) is 21.5. The molecule has 0 spiro atoms. The number of benzene rings is 4. The van der Waals surface area contributed by atoms with E-state index in [1.807, 2.05) is 89.8 Å². The van der Waals surface area contributed by atoms with Crippen LogP contribution in [0.25, 0.3) is 0 Å². The summed E-state index contributed by atoms with van der Waals surface area (Å²) in [6.45, 7) is 1.68. The number of aryl methyl sites for hydroxylation is 1. The average molecular weight is 494 g/mol. The highest BCUT2D eigenvalue weighted by Gasteiger charge is 2.16. The Morgan fingerprint density at radius 1 is 0.676 bits per heavy atom. The van der Waals surface area contributed by atoms with Crippen molar-refractivity contribution in [3.63, 3.8) is 0 Å². The maximum Gasteiger partial charge on any atom is 0.222 e. The van der Waals surface area contributed by atoms with Gasteiger partial charge in [0.15, 0.2) is 11.5 Å². The van der Waals surface area contributed by atoms with Gasteiger partial charge in [-0.1, -0.05) is 97.1 Å². The summed E-state index contributed by atoms with van der Waals surface area (Å²) in [4.78, 5) is 15.3. The van der Waals surface area contributed by atoms with Crippen LogP contribution in [0.5, 0.6) is 11.5 Å². The van der Waals surface area contributed by atoms with Crippen molar-refractivity contribution in [2.75, 3.05) is 13.7 Å². The first kappa shape index (κ1) is 26.0. The van der Waals surface area contributed by atoms with Crippen LogP contribution in [0.15, 0.2) is 109 Å². The number of carbonyl (C=O) groups excluding carboxylic acids is 1. The molecule has 0 N–H and O–H groups in total. The standard InChI is InChI=1S/C33H35NO3/c1-36-32-24-30(20-21-31(32)37-26-29-16-9-4-10-17-29)25-34(23-22-28-14-7-3-8-15-28)33(35)19-11-18-27-12-5-2-6-13-27/h2-10,12-17,20-21,24H,11,18-19,22-23,25-26H2,1H3. The molecule has 0 atom stereocenters. The van der Waals surface area contributed by atoms with Crippen LogP contribution in [0.3, 0.4) is 0 Å². The molecule has 0 aromatic heterocycles. The van der Waals surface area contributed by atoms with Crippen molar-refractivity contribution in [1.82, 2.24) is 4.90 Å². The average Bonchev–Trinajstić information content (AvgIpc) is 2.96. The molecule has 190 valence electrons. The molecule has 0 saturated carbocycles. The van der Waals surface area contributed by atoms with E-state index in [1.54, 1.807) is 7.11 Å². The van der Waals surface area contributed by atoms with E-state index in [9.17, 15) is 4.79 Å². The fourth-order valence-corrected chi connectivity index (χ4v) is 4.33. The zero-order chi connectivity index (χ0) is 25.7. The predicted molar refractivity (Wildman–Crippen MR) is 149 cm³/mol. The summed E-state index contributed by atoms with van der Waals surface area (Å²) in [6.07, 6.45) is 3.08. The highest BCUT2D eigenvalue weighted by molar-refractivity contribution is 5.76. The third kappa shape index (κ3) is 8.25. The van der Waals surface area contributed by atoms with Gasteiger partial charge < -0.3 is 14.4 Å². The molecule has 4 heteroatoms. The summed E-state index contributed by atoms with van der Waals surface area (Å²) < 4.78 is 11.6. The molecule has 0 aliphatic carbocycles. The van der Waals surface area contributed by atoms with E-state index < -0.39 is 0 Å². The molecule has 0 unspecified atom stereocenters. The first-order chi connectivity index (χ1) is 18.2. The van der Waals surface area contributed by atoms with Gasteiger partial charge in [0.25, 0.3) is 0 Å². The Bertz CT molecular complexity index is 1230. The van der Waals surface area contributed by atoms with E-state index in [0.717, 1.165) is 30.4 Å². The number of amides is 1. The minimum Gasteiger partial charge on any atom is -0.493 e. The third-order valence-electron chi connectivity index (χ3n) is 6.40. The van der Waals surface area contributed by atoms with Gasteiger partial charge in [-0.3, -0.25) is 4.79 Å². The predicted octanol–water partition coefficient (Wildman–Crippen LogP) is 6.87. The Labute approximate surface area is 220 Å². The molecule has 4 aromatic rings. The summed E-state index contributed by atoms with van der Waals surface area (Å²) in [7, 11) is 1.65. The number of rotatable bonds is 13. The highest BCUT2D eigenvalue weighted by Crippen LogP contribution is 2.29. The first-order valence-corrected chi connectivity index (χ1v) is 12.9. The van der Waals surface area contributed by atoms with Crippen LogP contribution in [-0.2, 0) is 30.8 Å². The minimum absolute atomic E-state index is 0.176. The Morgan fingerprint density at radius 3 is 1.89 bits per heavy atom. The fourth-order valence-electron chi connectivity index (χ4n) is 4.33. The van der Waals surface area contributed by atoms with Crippen molar-refractivity contribution in [2.24, 2.45) is 0 Å². The molecule has 1 amide bonds. The number of hydrogen-bond acceptors (Lipinski definition) is 3. The van der Waals surface area contributed by atoms with Crippen LogP contribution in [0.1, 0.15) is 35.1 Å². The summed E-state index contributed by atoms with van der Waals surface area (Å²) in [5.74, 6) is 1.54. The number of methoxy groups -OCH3 is 1. The fraction of sp³-hybridized carbons (Fsp3) is 0.242. The largest absolute Gasteiger partial charge is 0.493 e. The molecule has 37 heavy (non-hydrogen) atoms. The molecule has 0 radical (unpaired) electrons. The lowest BCUT2D eigenvalue weighted by Crippen LogP contribution is -2.32. The Hall–Kier alpha value is -4.05. The maximum atomic E-state index is 13.3. The van der Waals surface area contributed by atoms with E-state index in [-0.39, 0.29) is 5.91 Å². The lowest BCUT2D eigenvalue weighted by molar-refractivity contribution is -0.131. The molecule has 0 bridgehead atoms. The SMILES string of the molecule is COc1cc(CN(CCc2ccccc2)C(=O)CCCc2ccccc2)ccc1OCc1ccccc1. The van der Waals surface area contributed by atoms with Gasteiger partial charge in [0.2, 0.25) is 5.91 Å². The molecule has 4 nitrogen and oxygen atoms in total. The monoisotopic (exact) mass is 493 g/mol. The van der Waals surface area contributed by atoms with Gasteiger partial charge in [0.05, 0.1) is 7.11 Å². The van der Waals surface area contributed by atoms with Crippen LogP contribution in [0, 0.1) is 0 Å². The van der Waals surface area contributed by atoms with Gasteiger partial charge in [-0.15, -0.1) is 0 Å². The van der Waals surface area contributed by atoms with Crippen LogP contribution in [-0.4, -0.2) is 24.5 Å². The van der Waals surface area contributed by atoms with Crippen molar-refractivity contribution in [3.8, 4) is 11.5 Å². The second kappa shape index (κ2) is 13.9. The minimum atomic E-state index is 0.176. The molecular weight excluding hydrogens is 458 g/mol. The molecular formula is C33H35NO3. The number of nitrogens with zero attached hydrogens (tertiary/aromatic N) is 1. The van der Waals surface area contributed by atoms with Gasteiger partial charge in [-0.05, 0) is 53.6 Å². The van der Waals surface area contributed by atoms with Gasteiger partial charge in [0, 0.05) is 19.5 Å². The number of ether oxygens (including phenoxy) is 2. The topological polar surface area (TPSA) is 38.8 Å². The number of carbonyl (C=O) groups is 1. The van der Waals surface area contributed by atoms with Crippen molar-refractivity contribution in [1.29, 1.82) is 0 Å². The summed E-state index contributed by atoms with van der Waals surface area (Å²) in [6, 6.07) is 36.7. The summed E-state index contributed by atoms with van der Waals surface area (Å²) >= 11 is 0. The normalized spacial score (nSPS) is 10.6. The third-order valence-corrected chi connectivity index (χ3v) is 6.40.